The molecule has 0 unspecified atom stereocenters. The van der Waals surface area contributed by atoms with E-state index in [0.29, 0.717) is 0 Å². The van der Waals surface area contributed by atoms with Gasteiger partial charge in [-0.2, -0.15) is 0 Å². The Hall–Kier alpha value is -5.86. The average molecular weight is 563 g/mol. The Bertz CT molecular complexity index is 2150. The molecule has 2 aliphatic rings. The standard InChI is InChI=1S/C42H26O2/c1-3-9-27(10-4-1)15-17-29-19-21-35-33(25-29)39-31-13-7-8-14-32(31)40-34-26-30(18-16-28-11-5-2-6-12-28)20-22-36(34)44-38-24-23-37(43-35)41(39)42(38)40/h1-26H. The first-order valence-electron chi connectivity index (χ1n) is 14.9. The summed E-state index contributed by atoms with van der Waals surface area (Å²) in [6.45, 7) is 0. The zero-order valence-corrected chi connectivity index (χ0v) is 23.8. The van der Waals surface area contributed by atoms with Crippen LogP contribution in [-0.4, -0.2) is 0 Å². The van der Waals surface area contributed by atoms with Crippen molar-refractivity contribution < 1.29 is 9.47 Å². The Kier molecular flexibility index (Phi) is 5.54. The summed E-state index contributed by atoms with van der Waals surface area (Å²) in [5.74, 6) is 3.46. The van der Waals surface area contributed by atoms with Gasteiger partial charge in [0.05, 0.1) is 0 Å². The summed E-state index contributed by atoms with van der Waals surface area (Å²) in [5.41, 5.74) is 9.17. The Morgan fingerprint density at radius 3 is 1.18 bits per heavy atom. The molecule has 7 aromatic rings. The minimum absolute atomic E-state index is 0.859. The molecule has 0 saturated heterocycles. The van der Waals surface area contributed by atoms with Crippen LogP contribution in [0.3, 0.4) is 0 Å². The van der Waals surface area contributed by atoms with Crippen molar-refractivity contribution in [2.24, 2.45) is 0 Å². The quantitative estimate of drug-likeness (QED) is 0.157. The molecule has 0 aromatic heterocycles. The maximum absolute atomic E-state index is 6.60. The van der Waals surface area contributed by atoms with E-state index in [9.17, 15) is 0 Å². The lowest BCUT2D eigenvalue weighted by Crippen LogP contribution is -2.04. The number of rotatable bonds is 4. The van der Waals surface area contributed by atoms with Crippen molar-refractivity contribution in [2.75, 3.05) is 0 Å². The van der Waals surface area contributed by atoms with Crippen LogP contribution in [0.1, 0.15) is 22.3 Å². The van der Waals surface area contributed by atoms with Gasteiger partial charge in [-0.3, -0.25) is 0 Å². The fourth-order valence-corrected chi connectivity index (χ4v) is 6.60. The molecule has 0 atom stereocenters. The van der Waals surface area contributed by atoms with Gasteiger partial charge in [-0.15, -0.1) is 0 Å². The highest BCUT2D eigenvalue weighted by atomic mass is 16.5. The zero-order chi connectivity index (χ0) is 29.0. The highest BCUT2D eigenvalue weighted by molar-refractivity contribution is 6.26. The van der Waals surface area contributed by atoms with E-state index in [-0.39, 0.29) is 0 Å². The van der Waals surface area contributed by atoms with Crippen LogP contribution in [0, 0.1) is 0 Å². The Labute approximate surface area is 255 Å². The maximum atomic E-state index is 6.60. The van der Waals surface area contributed by atoms with Gasteiger partial charge in [0.25, 0.3) is 0 Å². The van der Waals surface area contributed by atoms with Crippen molar-refractivity contribution in [1.29, 1.82) is 0 Å². The van der Waals surface area contributed by atoms with Gasteiger partial charge in [0.15, 0.2) is 0 Å². The third-order valence-corrected chi connectivity index (χ3v) is 8.62. The fourth-order valence-electron chi connectivity index (χ4n) is 6.60. The summed E-state index contributed by atoms with van der Waals surface area (Å²) in [4.78, 5) is 0. The van der Waals surface area contributed by atoms with Crippen LogP contribution in [0.2, 0.25) is 0 Å². The van der Waals surface area contributed by atoms with Gasteiger partial charge in [-0.1, -0.05) is 121 Å². The first kappa shape index (κ1) is 24.7. The van der Waals surface area contributed by atoms with Crippen LogP contribution in [-0.2, 0) is 0 Å². The largest absolute Gasteiger partial charge is 0.456 e. The van der Waals surface area contributed by atoms with E-state index in [1.165, 1.54) is 33.0 Å². The Balaban J connectivity index is 1.26. The van der Waals surface area contributed by atoms with Crippen molar-refractivity contribution in [3.05, 3.63) is 156 Å². The molecular formula is C42H26O2. The topological polar surface area (TPSA) is 18.5 Å². The van der Waals surface area contributed by atoms with E-state index < -0.39 is 0 Å². The smallest absolute Gasteiger partial charge is 0.136 e. The van der Waals surface area contributed by atoms with Crippen LogP contribution in [0.25, 0.3) is 68.1 Å². The summed E-state index contributed by atoms with van der Waals surface area (Å²) >= 11 is 0. The molecule has 2 nitrogen and oxygen atoms in total. The van der Waals surface area contributed by atoms with Crippen molar-refractivity contribution in [1.82, 2.24) is 0 Å². The summed E-state index contributed by atoms with van der Waals surface area (Å²) in [6, 6.07) is 46.6. The van der Waals surface area contributed by atoms with E-state index >= 15 is 0 Å². The molecule has 0 spiro atoms. The van der Waals surface area contributed by atoms with Crippen molar-refractivity contribution in [3.63, 3.8) is 0 Å². The van der Waals surface area contributed by atoms with E-state index in [1.54, 1.807) is 0 Å². The normalized spacial score (nSPS) is 12.7. The summed E-state index contributed by atoms with van der Waals surface area (Å²) in [5, 5.41) is 4.62. The Morgan fingerprint density at radius 1 is 0.341 bits per heavy atom. The lowest BCUT2D eigenvalue weighted by atomic mass is 9.82. The molecule has 0 N–H and O–H groups in total. The highest BCUT2D eigenvalue weighted by Crippen LogP contribution is 2.58. The lowest BCUT2D eigenvalue weighted by molar-refractivity contribution is 0.476. The predicted molar refractivity (Wildman–Crippen MR) is 183 cm³/mol. The second-order valence-electron chi connectivity index (χ2n) is 11.3. The molecule has 2 heterocycles. The molecule has 0 aliphatic carbocycles. The van der Waals surface area contributed by atoms with Crippen molar-refractivity contribution in [2.45, 2.75) is 0 Å². The SMILES string of the molecule is C(=Cc1ccc2c(c1)-c1c3ccccc3c3c4c(ccc(c14)O2)Oc1ccc(C=Cc2ccccc2)cc1-3)c1ccccc1. The molecule has 0 radical (unpaired) electrons. The number of ether oxygens (including phenoxy) is 2. The van der Waals surface area contributed by atoms with Crippen molar-refractivity contribution in [3.8, 4) is 45.3 Å². The van der Waals surface area contributed by atoms with Crippen LogP contribution in [0.15, 0.2) is 133 Å². The molecule has 9 rings (SSSR count). The second kappa shape index (κ2) is 9.86. The molecule has 206 valence electrons. The summed E-state index contributed by atoms with van der Waals surface area (Å²) < 4.78 is 13.2. The van der Waals surface area contributed by atoms with Gasteiger partial charge >= 0.3 is 0 Å². The molecule has 0 amide bonds. The second-order valence-corrected chi connectivity index (χ2v) is 11.3. The zero-order valence-electron chi connectivity index (χ0n) is 23.8. The van der Waals surface area contributed by atoms with Crippen LogP contribution >= 0.6 is 0 Å². The third-order valence-electron chi connectivity index (χ3n) is 8.62. The van der Waals surface area contributed by atoms with Crippen LogP contribution in [0.5, 0.6) is 23.0 Å². The fraction of sp³-hybridized carbons (Fsp3) is 0. The number of hydrogen-bond donors (Lipinski definition) is 0. The molecule has 0 fully saturated rings. The first-order chi connectivity index (χ1) is 21.8. The molecule has 0 saturated carbocycles. The van der Waals surface area contributed by atoms with E-state index in [0.717, 1.165) is 56.0 Å². The monoisotopic (exact) mass is 562 g/mol. The predicted octanol–water partition coefficient (Wildman–Crippen LogP) is 11.9. The van der Waals surface area contributed by atoms with E-state index in [1.807, 2.05) is 24.3 Å². The van der Waals surface area contributed by atoms with Gasteiger partial charge in [0.2, 0.25) is 0 Å². The summed E-state index contributed by atoms with van der Waals surface area (Å²) in [7, 11) is 0. The number of benzene rings is 7. The van der Waals surface area contributed by atoms with E-state index in [4.69, 9.17) is 9.47 Å². The number of hydrogen-bond acceptors (Lipinski definition) is 2. The molecular weight excluding hydrogens is 536 g/mol. The van der Waals surface area contributed by atoms with Gasteiger partial charge in [0.1, 0.15) is 23.0 Å². The van der Waals surface area contributed by atoms with E-state index in [2.05, 4.69) is 133 Å². The first-order valence-corrected chi connectivity index (χ1v) is 14.9. The average Bonchev–Trinajstić information content (AvgIpc) is 3.09. The number of fused-ring (bicyclic) bond motifs is 7. The van der Waals surface area contributed by atoms with Gasteiger partial charge < -0.3 is 9.47 Å². The Morgan fingerprint density at radius 2 is 0.727 bits per heavy atom. The van der Waals surface area contributed by atoms with Gasteiger partial charge in [0, 0.05) is 33.0 Å². The minimum atomic E-state index is 0.859. The van der Waals surface area contributed by atoms with Crippen molar-refractivity contribution >= 4 is 45.8 Å². The minimum Gasteiger partial charge on any atom is -0.456 e. The molecule has 7 aromatic carbocycles. The van der Waals surface area contributed by atoms with Crippen LogP contribution < -0.4 is 9.47 Å². The lowest BCUT2D eigenvalue weighted by Gasteiger charge is -2.29. The van der Waals surface area contributed by atoms with Gasteiger partial charge in [-0.05, 0) is 69.4 Å². The molecule has 2 heteroatoms. The highest BCUT2D eigenvalue weighted by Gasteiger charge is 2.31. The molecule has 44 heavy (non-hydrogen) atoms. The maximum Gasteiger partial charge on any atom is 0.136 e. The summed E-state index contributed by atoms with van der Waals surface area (Å²) in [6.07, 6.45) is 8.65. The molecule has 2 aliphatic heterocycles. The van der Waals surface area contributed by atoms with Crippen LogP contribution in [0.4, 0.5) is 0 Å². The van der Waals surface area contributed by atoms with Gasteiger partial charge in [-0.25, -0.2) is 0 Å². The third kappa shape index (κ3) is 3.96. The molecule has 0 bridgehead atoms.